The molecule has 0 aromatic heterocycles. The van der Waals surface area contributed by atoms with Crippen LogP contribution in [0.3, 0.4) is 0 Å². The summed E-state index contributed by atoms with van der Waals surface area (Å²) in [6.07, 6.45) is 2.42. The molecule has 0 spiro atoms. The van der Waals surface area contributed by atoms with Crippen molar-refractivity contribution in [1.29, 1.82) is 5.26 Å². The summed E-state index contributed by atoms with van der Waals surface area (Å²) < 4.78 is 5.40. The van der Waals surface area contributed by atoms with Crippen molar-refractivity contribution in [2.24, 2.45) is 0 Å². The van der Waals surface area contributed by atoms with Gasteiger partial charge in [-0.1, -0.05) is 6.07 Å². The van der Waals surface area contributed by atoms with Crippen LogP contribution in [-0.4, -0.2) is 32.2 Å². The fraction of sp³-hybridized carbons (Fsp3) is 0.300. The summed E-state index contributed by atoms with van der Waals surface area (Å²) in [5, 5.41) is 11.8. The van der Waals surface area contributed by atoms with Crippen molar-refractivity contribution >= 4 is 17.3 Å². The van der Waals surface area contributed by atoms with Crippen LogP contribution in [-0.2, 0) is 4.74 Å². The van der Waals surface area contributed by atoms with Gasteiger partial charge in [-0.2, -0.15) is 5.26 Å². The van der Waals surface area contributed by atoms with E-state index in [1.807, 2.05) is 30.3 Å². The van der Waals surface area contributed by atoms with E-state index in [2.05, 4.69) is 10.2 Å². The minimum absolute atomic E-state index is 0.217. The van der Waals surface area contributed by atoms with Crippen LogP contribution in [0.5, 0.6) is 0 Å². The Bertz CT molecular complexity index is 772. The Hall–Kier alpha value is -2.84. The molecule has 3 rings (SSSR count). The van der Waals surface area contributed by atoms with Crippen molar-refractivity contribution in [3.05, 3.63) is 59.7 Å². The van der Waals surface area contributed by atoms with Gasteiger partial charge >= 0.3 is 0 Å². The molecule has 128 valence electrons. The Morgan fingerprint density at radius 3 is 2.56 bits per heavy atom. The number of ether oxygens (including phenoxy) is 1. The van der Waals surface area contributed by atoms with Gasteiger partial charge in [0.25, 0.3) is 5.91 Å². The Labute approximate surface area is 147 Å². The molecule has 1 aliphatic heterocycles. The number of benzene rings is 2. The largest absolute Gasteiger partial charge is 0.381 e. The number of carbonyl (C=O) groups is 1. The van der Waals surface area contributed by atoms with Gasteiger partial charge in [0.15, 0.2) is 0 Å². The summed E-state index contributed by atoms with van der Waals surface area (Å²) in [6.45, 7) is 1.95. The molecule has 1 amide bonds. The molecule has 0 atom stereocenters. The predicted octanol–water partition coefficient (Wildman–Crippen LogP) is 3.43. The highest BCUT2D eigenvalue weighted by atomic mass is 16.5. The second kappa shape index (κ2) is 7.82. The molecule has 5 heteroatoms. The molecule has 0 bridgehead atoms. The highest BCUT2D eigenvalue weighted by molar-refractivity contribution is 6.04. The molecule has 2 aromatic carbocycles. The van der Waals surface area contributed by atoms with Crippen LogP contribution in [0.15, 0.2) is 48.5 Å². The fourth-order valence-electron chi connectivity index (χ4n) is 3.04. The lowest BCUT2D eigenvalue weighted by atomic mass is 10.1. The molecule has 25 heavy (non-hydrogen) atoms. The number of piperidine rings is 1. The van der Waals surface area contributed by atoms with Gasteiger partial charge in [-0.3, -0.25) is 4.79 Å². The minimum Gasteiger partial charge on any atom is -0.381 e. The Kier molecular flexibility index (Phi) is 5.32. The average Bonchev–Trinajstić information content (AvgIpc) is 2.68. The van der Waals surface area contributed by atoms with Crippen molar-refractivity contribution in [3.63, 3.8) is 0 Å². The minimum atomic E-state index is -0.217. The van der Waals surface area contributed by atoms with Gasteiger partial charge in [0.05, 0.1) is 17.7 Å². The first-order valence-corrected chi connectivity index (χ1v) is 8.39. The number of methoxy groups -OCH3 is 1. The topological polar surface area (TPSA) is 65.4 Å². The maximum Gasteiger partial charge on any atom is 0.255 e. The zero-order chi connectivity index (χ0) is 17.6. The number of nitriles is 1. The van der Waals surface area contributed by atoms with Crippen molar-refractivity contribution in [3.8, 4) is 6.07 Å². The van der Waals surface area contributed by atoms with E-state index in [1.165, 1.54) is 0 Å². The van der Waals surface area contributed by atoms with E-state index >= 15 is 0 Å². The highest BCUT2D eigenvalue weighted by Gasteiger charge is 2.18. The lowest BCUT2D eigenvalue weighted by Crippen LogP contribution is -2.36. The van der Waals surface area contributed by atoms with Gasteiger partial charge in [0, 0.05) is 37.1 Å². The molecule has 0 radical (unpaired) electrons. The van der Waals surface area contributed by atoms with Crippen molar-refractivity contribution < 1.29 is 9.53 Å². The van der Waals surface area contributed by atoms with Crippen LogP contribution in [0, 0.1) is 11.3 Å². The third kappa shape index (κ3) is 4.17. The first-order chi connectivity index (χ1) is 12.2. The number of carbonyl (C=O) groups excluding carboxylic acids is 1. The molecule has 0 unspecified atom stereocenters. The van der Waals surface area contributed by atoms with Gasteiger partial charge in [-0.05, 0) is 55.3 Å². The maximum atomic E-state index is 12.3. The van der Waals surface area contributed by atoms with E-state index < -0.39 is 0 Å². The van der Waals surface area contributed by atoms with Crippen LogP contribution < -0.4 is 10.2 Å². The maximum absolute atomic E-state index is 12.3. The number of amides is 1. The third-order valence-corrected chi connectivity index (χ3v) is 4.52. The van der Waals surface area contributed by atoms with Crippen molar-refractivity contribution in [1.82, 2.24) is 0 Å². The van der Waals surface area contributed by atoms with E-state index in [1.54, 1.807) is 31.4 Å². The monoisotopic (exact) mass is 335 g/mol. The molecule has 1 N–H and O–H groups in total. The van der Waals surface area contributed by atoms with Gasteiger partial charge in [-0.15, -0.1) is 0 Å². The van der Waals surface area contributed by atoms with Crippen LogP contribution >= 0.6 is 0 Å². The summed E-state index contributed by atoms with van der Waals surface area (Å²) in [5.41, 5.74) is 2.84. The third-order valence-electron chi connectivity index (χ3n) is 4.52. The fourth-order valence-corrected chi connectivity index (χ4v) is 3.04. The lowest BCUT2D eigenvalue weighted by Gasteiger charge is -2.33. The van der Waals surface area contributed by atoms with E-state index in [4.69, 9.17) is 10.00 Å². The number of nitrogens with one attached hydrogen (secondary N) is 1. The Morgan fingerprint density at radius 2 is 1.92 bits per heavy atom. The van der Waals surface area contributed by atoms with Crippen LogP contribution in [0.4, 0.5) is 11.4 Å². The predicted molar refractivity (Wildman–Crippen MR) is 97.8 cm³/mol. The highest BCUT2D eigenvalue weighted by Crippen LogP contribution is 2.23. The van der Waals surface area contributed by atoms with E-state index in [0.717, 1.165) is 37.3 Å². The normalized spacial score (nSPS) is 14.8. The van der Waals surface area contributed by atoms with Crippen LogP contribution in [0.2, 0.25) is 0 Å². The number of nitrogens with zero attached hydrogens (tertiary/aromatic N) is 2. The smallest absolute Gasteiger partial charge is 0.255 e. The summed E-state index contributed by atoms with van der Waals surface area (Å²) in [5.74, 6) is -0.217. The number of anilines is 2. The standard InChI is InChI=1S/C20H21N3O2/c1-25-19-9-11-23(12-10-19)18-7-5-17(6-8-18)22-20(24)16-4-2-3-15(13-16)14-21/h2-8,13,19H,9-12H2,1H3,(H,22,24). The molecule has 1 saturated heterocycles. The second-order valence-corrected chi connectivity index (χ2v) is 6.12. The molecular formula is C20H21N3O2. The first-order valence-electron chi connectivity index (χ1n) is 8.39. The van der Waals surface area contributed by atoms with E-state index in [-0.39, 0.29) is 5.91 Å². The number of hydrogen-bond acceptors (Lipinski definition) is 4. The van der Waals surface area contributed by atoms with E-state index in [9.17, 15) is 4.79 Å². The summed E-state index contributed by atoms with van der Waals surface area (Å²) in [4.78, 5) is 14.6. The Morgan fingerprint density at radius 1 is 1.20 bits per heavy atom. The van der Waals surface area contributed by atoms with Crippen molar-refractivity contribution in [2.75, 3.05) is 30.4 Å². The summed E-state index contributed by atoms with van der Waals surface area (Å²) >= 11 is 0. The molecule has 1 aliphatic rings. The SMILES string of the molecule is COC1CCN(c2ccc(NC(=O)c3cccc(C#N)c3)cc2)CC1. The second-order valence-electron chi connectivity index (χ2n) is 6.12. The summed E-state index contributed by atoms with van der Waals surface area (Å²) in [7, 11) is 1.77. The molecule has 5 nitrogen and oxygen atoms in total. The van der Waals surface area contributed by atoms with Crippen LogP contribution in [0.25, 0.3) is 0 Å². The quantitative estimate of drug-likeness (QED) is 0.930. The van der Waals surface area contributed by atoms with E-state index in [0.29, 0.717) is 17.2 Å². The first kappa shape index (κ1) is 17.0. The molecule has 1 heterocycles. The summed E-state index contributed by atoms with van der Waals surface area (Å²) in [6, 6.07) is 16.6. The number of hydrogen-bond donors (Lipinski definition) is 1. The van der Waals surface area contributed by atoms with Gasteiger partial charge in [0.2, 0.25) is 0 Å². The molecular weight excluding hydrogens is 314 g/mol. The molecule has 0 saturated carbocycles. The van der Waals surface area contributed by atoms with Crippen LogP contribution in [0.1, 0.15) is 28.8 Å². The molecule has 1 fully saturated rings. The van der Waals surface area contributed by atoms with Gasteiger partial charge in [-0.25, -0.2) is 0 Å². The molecule has 0 aliphatic carbocycles. The number of rotatable bonds is 4. The van der Waals surface area contributed by atoms with Gasteiger partial charge in [0.1, 0.15) is 0 Å². The van der Waals surface area contributed by atoms with Gasteiger partial charge < -0.3 is 15.0 Å². The average molecular weight is 335 g/mol. The zero-order valence-corrected chi connectivity index (χ0v) is 14.2. The molecule has 2 aromatic rings. The zero-order valence-electron chi connectivity index (χ0n) is 14.2. The lowest BCUT2D eigenvalue weighted by molar-refractivity contribution is 0.0819. The Balaban J connectivity index is 1.63. The van der Waals surface area contributed by atoms with Crippen molar-refractivity contribution in [2.45, 2.75) is 18.9 Å².